The number of H-pyrrole nitrogens is 1. The lowest BCUT2D eigenvalue weighted by Crippen LogP contribution is -1.88. The van der Waals surface area contributed by atoms with Gasteiger partial charge in [0, 0.05) is 31.9 Å². The Morgan fingerprint density at radius 3 is 1.29 bits per heavy atom. The van der Waals surface area contributed by atoms with Crippen LogP contribution >= 0.6 is 22.7 Å². The SMILES string of the molecule is Cc1ccc(-c2c3nc(c(-c4cccs4)c4ccc(o4)c(-c4cccs4)c4nc(c(-c5ccc(C)cc5)c5ccc2[nH]5)C=C4)C=C3)cc1. The Bertz CT molecular complexity index is 2370. The minimum atomic E-state index is 0.774. The van der Waals surface area contributed by atoms with Crippen LogP contribution < -0.4 is 0 Å². The number of benzene rings is 2. The van der Waals surface area contributed by atoms with E-state index < -0.39 is 0 Å². The zero-order valence-corrected chi connectivity index (χ0v) is 28.0. The lowest BCUT2D eigenvalue weighted by Gasteiger charge is -2.06. The van der Waals surface area contributed by atoms with Gasteiger partial charge in [0.1, 0.15) is 11.2 Å². The molecule has 2 aliphatic rings. The molecule has 0 aliphatic carbocycles. The zero-order valence-electron chi connectivity index (χ0n) is 26.3. The molecule has 0 atom stereocenters. The molecule has 4 nitrogen and oxygen atoms in total. The van der Waals surface area contributed by atoms with E-state index in [4.69, 9.17) is 14.4 Å². The number of nitrogens with zero attached hydrogens (tertiary/aromatic N) is 2. The number of fused-ring (bicyclic) bond motifs is 8. The molecule has 0 unspecified atom stereocenters. The van der Waals surface area contributed by atoms with Crippen molar-refractivity contribution >= 4 is 69.2 Å². The molecule has 7 heterocycles. The third kappa shape index (κ3) is 4.98. The predicted molar refractivity (Wildman–Crippen MR) is 204 cm³/mol. The highest BCUT2D eigenvalue weighted by molar-refractivity contribution is 7.14. The monoisotopic (exact) mass is 655 g/mol. The van der Waals surface area contributed by atoms with E-state index >= 15 is 0 Å². The fourth-order valence-electron chi connectivity index (χ4n) is 6.49. The maximum absolute atomic E-state index is 6.80. The van der Waals surface area contributed by atoms with Gasteiger partial charge in [-0.1, -0.05) is 71.8 Å². The summed E-state index contributed by atoms with van der Waals surface area (Å²) in [6.45, 7) is 4.23. The first-order chi connectivity index (χ1) is 23.6. The minimum Gasteiger partial charge on any atom is -0.456 e. The van der Waals surface area contributed by atoms with Crippen molar-refractivity contribution in [3.05, 3.63) is 142 Å². The highest BCUT2D eigenvalue weighted by Gasteiger charge is 2.20. The summed E-state index contributed by atoms with van der Waals surface area (Å²) in [6, 6.07) is 34.2. The Balaban J connectivity index is 1.47. The summed E-state index contributed by atoms with van der Waals surface area (Å²) in [5.41, 5.74) is 15.7. The fourth-order valence-corrected chi connectivity index (χ4v) is 8.05. The number of furan rings is 1. The average Bonchev–Trinajstić information content (AvgIpc) is 3.94. The molecule has 2 aliphatic heterocycles. The summed E-state index contributed by atoms with van der Waals surface area (Å²) in [4.78, 5) is 16.7. The topological polar surface area (TPSA) is 54.7 Å². The van der Waals surface area contributed by atoms with E-state index in [1.54, 1.807) is 22.7 Å². The summed E-state index contributed by atoms with van der Waals surface area (Å²) in [5.74, 6) is 0. The standard InChI is InChI=1S/C42H29N3OS2/c1-25-7-11-27(12-8-25)39-29-15-16-30(43-29)40(28-13-9-26(2)10-14-28)32-18-20-34(45-32)42(38-6-4-24-48-38)36-22-21-35(46-36)41(37-5-3-23-47-37)33-19-17-31(39)44-33/h3-24,43H,1-2H3. The second-order valence-corrected chi connectivity index (χ2v) is 14.0. The zero-order chi connectivity index (χ0) is 32.2. The molecule has 230 valence electrons. The van der Waals surface area contributed by atoms with Crippen LogP contribution in [0.2, 0.25) is 0 Å². The molecule has 9 rings (SSSR count). The van der Waals surface area contributed by atoms with E-state index in [1.165, 1.54) is 11.1 Å². The van der Waals surface area contributed by atoms with E-state index in [0.29, 0.717) is 0 Å². The molecular weight excluding hydrogens is 627 g/mol. The molecule has 7 aromatic rings. The quantitative estimate of drug-likeness (QED) is 0.205. The van der Waals surface area contributed by atoms with Crippen molar-refractivity contribution in [3.8, 4) is 43.1 Å². The van der Waals surface area contributed by atoms with Crippen molar-refractivity contribution in [2.75, 3.05) is 0 Å². The van der Waals surface area contributed by atoms with Gasteiger partial charge < -0.3 is 9.40 Å². The highest BCUT2D eigenvalue weighted by Crippen LogP contribution is 2.40. The molecule has 5 aromatic heterocycles. The van der Waals surface area contributed by atoms with Crippen LogP contribution in [-0.4, -0.2) is 15.0 Å². The van der Waals surface area contributed by atoms with Crippen LogP contribution in [-0.2, 0) is 0 Å². The number of thiophene rings is 2. The summed E-state index contributed by atoms with van der Waals surface area (Å²) in [5, 5.41) is 4.19. The third-order valence-corrected chi connectivity index (χ3v) is 10.6. The van der Waals surface area contributed by atoms with Crippen molar-refractivity contribution in [3.63, 3.8) is 0 Å². The molecule has 1 N–H and O–H groups in total. The second kappa shape index (κ2) is 11.6. The molecule has 2 aromatic carbocycles. The number of hydrogen-bond donors (Lipinski definition) is 1. The van der Waals surface area contributed by atoms with Crippen LogP contribution in [0.25, 0.3) is 89.6 Å². The van der Waals surface area contributed by atoms with Crippen LogP contribution in [0.5, 0.6) is 0 Å². The summed E-state index contributed by atoms with van der Waals surface area (Å²) in [7, 11) is 0. The van der Waals surface area contributed by atoms with Crippen molar-refractivity contribution < 1.29 is 4.42 Å². The maximum atomic E-state index is 6.80. The Hall–Kier alpha value is -5.56. The molecule has 0 spiro atoms. The summed E-state index contributed by atoms with van der Waals surface area (Å²) >= 11 is 3.37. The molecule has 0 radical (unpaired) electrons. The second-order valence-electron chi connectivity index (χ2n) is 12.1. The number of aromatic amines is 1. The lowest BCUT2D eigenvalue weighted by atomic mass is 10.0. The van der Waals surface area contributed by atoms with Gasteiger partial charge in [0.05, 0.1) is 33.9 Å². The van der Waals surface area contributed by atoms with Crippen molar-refractivity contribution in [2.45, 2.75) is 13.8 Å². The molecule has 0 saturated heterocycles. The Morgan fingerprint density at radius 2 is 0.896 bits per heavy atom. The van der Waals surface area contributed by atoms with E-state index in [9.17, 15) is 0 Å². The van der Waals surface area contributed by atoms with Crippen molar-refractivity contribution in [1.29, 1.82) is 0 Å². The van der Waals surface area contributed by atoms with E-state index in [-0.39, 0.29) is 0 Å². The number of aryl methyl sites for hydroxylation is 2. The molecule has 6 heteroatoms. The van der Waals surface area contributed by atoms with Crippen LogP contribution in [0.4, 0.5) is 0 Å². The van der Waals surface area contributed by atoms with Gasteiger partial charge in [0.25, 0.3) is 0 Å². The van der Waals surface area contributed by atoms with Gasteiger partial charge in [-0.3, -0.25) is 0 Å². The number of nitrogens with one attached hydrogen (secondary N) is 1. The minimum absolute atomic E-state index is 0.774. The molecule has 0 amide bonds. The lowest BCUT2D eigenvalue weighted by molar-refractivity contribution is 0.667. The number of aromatic nitrogens is 3. The van der Waals surface area contributed by atoms with Gasteiger partial charge in [0.2, 0.25) is 0 Å². The van der Waals surface area contributed by atoms with Crippen molar-refractivity contribution in [2.24, 2.45) is 0 Å². The first kappa shape index (κ1) is 28.6. The molecule has 48 heavy (non-hydrogen) atoms. The van der Waals surface area contributed by atoms with E-state index in [0.717, 1.165) is 88.1 Å². The molecule has 0 fully saturated rings. The smallest absolute Gasteiger partial charge is 0.138 e. The summed E-state index contributed by atoms with van der Waals surface area (Å²) in [6.07, 6.45) is 8.47. The first-order valence-corrected chi connectivity index (χ1v) is 17.6. The number of rotatable bonds is 4. The highest BCUT2D eigenvalue weighted by atomic mass is 32.1. The molecule has 8 bridgehead atoms. The van der Waals surface area contributed by atoms with Gasteiger partial charge in [-0.2, -0.15) is 0 Å². The van der Waals surface area contributed by atoms with Gasteiger partial charge in [-0.25, -0.2) is 9.97 Å². The van der Waals surface area contributed by atoms with Crippen molar-refractivity contribution in [1.82, 2.24) is 15.0 Å². The Labute approximate surface area is 286 Å². The maximum Gasteiger partial charge on any atom is 0.138 e. The van der Waals surface area contributed by atoms with Gasteiger partial charge in [-0.15, -0.1) is 22.7 Å². The largest absolute Gasteiger partial charge is 0.456 e. The summed E-state index contributed by atoms with van der Waals surface area (Å²) < 4.78 is 6.80. The Kier molecular flexibility index (Phi) is 6.92. The van der Waals surface area contributed by atoms with Gasteiger partial charge in [0.15, 0.2) is 0 Å². The average molecular weight is 656 g/mol. The van der Waals surface area contributed by atoms with Crippen LogP contribution in [0.1, 0.15) is 33.9 Å². The van der Waals surface area contributed by atoms with E-state index in [1.807, 2.05) is 0 Å². The van der Waals surface area contributed by atoms with E-state index in [2.05, 4.69) is 151 Å². The number of hydrogen-bond acceptors (Lipinski definition) is 5. The van der Waals surface area contributed by atoms with Gasteiger partial charge in [-0.05, 0) is 96.4 Å². The van der Waals surface area contributed by atoms with Crippen LogP contribution in [0, 0.1) is 13.8 Å². The van der Waals surface area contributed by atoms with Crippen LogP contribution in [0.15, 0.2) is 112 Å². The van der Waals surface area contributed by atoms with Gasteiger partial charge >= 0.3 is 0 Å². The predicted octanol–water partition coefficient (Wildman–Crippen LogP) is 12.3. The third-order valence-electron chi connectivity index (χ3n) is 8.84. The molecule has 0 saturated carbocycles. The first-order valence-electron chi connectivity index (χ1n) is 15.9. The molecular formula is C42H29N3OS2. The Morgan fingerprint density at radius 1 is 0.479 bits per heavy atom. The fraction of sp³-hybridized carbons (Fsp3) is 0.0476. The van der Waals surface area contributed by atoms with Crippen LogP contribution in [0.3, 0.4) is 0 Å². The normalized spacial score (nSPS) is 12.2.